The van der Waals surface area contributed by atoms with Gasteiger partial charge in [-0.05, 0) is 19.1 Å². The molecular formula is C11H10ClNO4S3. The van der Waals surface area contributed by atoms with Gasteiger partial charge < -0.3 is 0 Å². The highest BCUT2D eigenvalue weighted by molar-refractivity contribution is 7.93. The van der Waals surface area contributed by atoms with E-state index in [1.54, 1.807) is 12.1 Å². The number of hydrogen-bond donors (Lipinski definition) is 0. The topological polar surface area (TPSA) is 81.2 Å². The minimum Gasteiger partial charge on any atom is -0.222 e. The summed E-state index contributed by atoms with van der Waals surface area (Å²) in [5.41, 5.74) is 0.908. The maximum absolute atomic E-state index is 12.4. The Kier molecular flexibility index (Phi) is 3.94. The summed E-state index contributed by atoms with van der Waals surface area (Å²) >= 11 is 6.46. The van der Waals surface area contributed by atoms with Crippen molar-refractivity contribution in [2.24, 2.45) is 0 Å². The Hall–Kier alpha value is -0.960. The number of thiazole rings is 1. The van der Waals surface area contributed by atoms with Crippen LogP contribution < -0.4 is 0 Å². The molecule has 0 spiro atoms. The van der Waals surface area contributed by atoms with Crippen LogP contribution >= 0.6 is 22.9 Å². The fourth-order valence-electron chi connectivity index (χ4n) is 1.42. The van der Waals surface area contributed by atoms with Crippen LogP contribution in [0.15, 0.2) is 38.5 Å². The predicted molar refractivity (Wildman–Crippen MR) is 76.9 cm³/mol. The van der Waals surface area contributed by atoms with Crippen LogP contribution in [0.25, 0.3) is 0 Å². The maximum Gasteiger partial charge on any atom is 0.226 e. The number of rotatable bonds is 3. The van der Waals surface area contributed by atoms with Crippen LogP contribution in [0, 0.1) is 6.92 Å². The van der Waals surface area contributed by atoms with Crippen LogP contribution in [0.3, 0.4) is 0 Å². The third kappa shape index (κ3) is 2.88. The van der Waals surface area contributed by atoms with E-state index in [9.17, 15) is 16.8 Å². The van der Waals surface area contributed by atoms with Crippen molar-refractivity contribution in [2.75, 3.05) is 6.26 Å². The van der Waals surface area contributed by atoms with Crippen molar-refractivity contribution < 1.29 is 16.8 Å². The first kappa shape index (κ1) is 15.4. The molecule has 1 aromatic heterocycles. The van der Waals surface area contributed by atoms with Crippen molar-refractivity contribution >= 4 is 42.6 Å². The number of hydrogen-bond acceptors (Lipinski definition) is 6. The summed E-state index contributed by atoms with van der Waals surface area (Å²) in [6, 6.07) is 6.15. The predicted octanol–water partition coefficient (Wildman–Crippen LogP) is 2.34. The number of sulfone groups is 2. The molecule has 5 nitrogen and oxygen atoms in total. The molecule has 0 bridgehead atoms. The van der Waals surface area contributed by atoms with Gasteiger partial charge in [-0.1, -0.05) is 40.6 Å². The molecule has 1 aromatic carbocycles. The second-order valence-corrected chi connectivity index (χ2v) is 9.80. The Balaban J connectivity index is 2.61. The number of nitrogens with zero attached hydrogens (tertiary/aromatic N) is 1. The summed E-state index contributed by atoms with van der Waals surface area (Å²) in [5.74, 6) is 0. The highest BCUT2D eigenvalue weighted by Crippen LogP contribution is 2.33. The number of aryl methyl sites for hydroxylation is 1. The van der Waals surface area contributed by atoms with E-state index in [4.69, 9.17) is 11.6 Å². The summed E-state index contributed by atoms with van der Waals surface area (Å²) in [4.78, 5) is 3.69. The Morgan fingerprint density at radius 3 is 2.10 bits per heavy atom. The van der Waals surface area contributed by atoms with Crippen LogP contribution in [-0.2, 0) is 19.7 Å². The van der Waals surface area contributed by atoms with Crippen LogP contribution in [0.5, 0.6) is 0 Å². The summed E-state index contributed by atoms with van der Waals surface area (Å²) in [6.45, 7) is 1.83. The first-order valence-corrected chi connectivity index (χ1v) is 9.87. The molecule has 0 atom stereocenters. The van der Waals surface area contributed by atoms with E-state index in [2.05, 4.69) is 4.98 Å². The molecule has 0 N–H and O–H groups in total. The molecule has 108 valence electrons. The van der Waals surface area contributed by atoms with Gasteiger partial charge in [0.2, 0.25) is 24.0 Å². The van der Waals surface area contributed by atoms with Gasteiger partial charge >= 0.3 is 0 Å². The van der Waals surface area contributed by atoms with E-state index in [-0.39, 0.29) is 13.6 Å². The smallest absolute Gasteiger partial charge is 0.222 e. The van der Waals surface area contributed by atoms with E-state index >= 15 is 0 Å². The lowest BCUT2D eigenvalue weighted by Crippen LogP contribution is -2.04. The SMILES string of the molecule is Cc1ccc(S(=O)(=O)c2nc(S(C)(=O)=O)sc2Cl)cc1. The number of benzene rings is 1. The molecule has 0 saturated heterocycles. The van der Waals surface area contributed by atoms with Crippen LogP contribution in [0.2, 0.25) is 4.34 Å². The fourth-order valence-corrected chi connectivity index (χ4v) is 5.37. The molecule has 0 saturated carbocycles. The van der Waals surface area contributed by atoms with Crippen LogP contribution in [0.4, 0.5) is 0 Å². The van der Waals surface area contributed by atoms with Gasteiger partial charge in [0.25, 0.3) is 0 Å². The van der Waals surface area contributed by atoms with Gasteiger partial charge in [-0.25, -0.2) is 21.8 Å². The molecule has 0 unspecified atom stereocenters. The van der Waals surface area contributed by atoms with Gasteiger partial charge in [-0.2, -0.15) is 0 Å². The average molecular weight is 352 g/mol. The van der Waals surface area contributed by atoms with Gasteiger partial charge in [0.1, 0.15) is 4.34 Å². The van der Waals surface area contributed by atoms with E-state index in [1.807, 2.05) is 6.92 Å². The number of halogens is 1. The molecule has 2 rings (SSSR count). The molecular weight excluding hydrogens is 342 g/mol. The molecule has 0 radical (unpaired) electrons. The monoisotopic (exact) mass is 351 g/mol. The fraction of sp³-hybridized carbons (Fsp3) is 0.182. The van der Waals surface area contributed by atoms with E-state index in [0.717, 1.165) is 11.8 Å². The largest absolute Gasteiger partial charge is 0.226 e. The quantitative estimate of drug-likeness (QED) is 0.847. The summed E-state index contributed by atoms with van der Waals surface area (Å²) in [6.07, 6.45) is 0.949. The molecule has 1 heterocycles. The third-order valence-corrected chi connectivity index (χ3v) is 7.31. The first-order valence-electron chi connectivity index (χ1n) is 5.30. The lowest BCUT2D eigenvalue weighted by molar-refractivity contribution is 0.591. The Morgan fingerprint density at radius 2 is 1.65 bits per heavy atom. The Morgan fingerprint density at radius 1 is 1.10 bits per heavy atom. The summed E-state index contributed by atoms with van der Waals surface area (Å²) in [7, 11) is -7.52. The van der Waals surface area contributed by atoms with Crippen molar-refractivity contribution in [1.82, 2.24) is 4.98 Å². The van der Waals surface area contributed by atoms with E-state index in [1.165, 1.54) is 12.1 Å². The van der Waals surface area contributed by atoms with Crippen molar-refractivity contribution in [3.8, 4) is 0 Å². The molecule has 0 aliphatic rings. The van der Waals surface area contributed by atoms with Crippen LogP contribution in [0.1, 0.15) is 5.56 Å². The van der Waals surface area contributed by atoms with Crippen molar-refractivity contribution in [1.29, 1.82) is 0 Å². The van der Waals surface area contributed by atoms with Crippen molar-refractivity contribution in [3.05, 3.63) is 34.2 Å². The van der Waals surface area contributed by atoms with E-state index in [0.29, 0.717) is 11.3 Å². The molecule has 9 heteroatoms. The zero-order valence-corrected chi connectivity index (χ0v) is 13.7. The highest BCUT2D eigenvalue weighted by atomic mass is 35.5. The molecule has 0 aliphatic carbocycles. The van der Waals surface area contributed by atoms with E-state index < -0.39 is 24.7 Å². The second-order valence-electron chi connectivity index (χ2n) is 4.15. The molecule has 0 fully saturated rings. The Labute approximate surface area is 126 Å². The lowest BCUT2D eigenvalue weighted by Gasteiger charge is -2.02. The third-order valence-electron chi connectivity index (χ3n) is 2.44. The minimum absolute atomic E-state index is 0.0235. The van der Waals surface area contributed by atoms with Gasteiger partial charge in [0, 0.05) is 6.26 Å². The van der Waals surface area contributed by atoms with Gasteiger partial charge in [-0.15, -0.1) is 0 Å². The zero-order valence-electron chi connectivity index (χ0n) is 10.5. The Bertz CT molecular complexity index is 852. The van der Waals surface area contributed by atoms with Gasteiger partial charge in [-0.3, -0.25) is 0 Å². The highest BCUT2D eigenvalue weighted by Gasteiger charge is 2.28. The van der Waals surface area contributed by atoms with Gasteiger partial charge in [0.05, 0.1) is 4.90 Å². The number of aromatic nitrogens is 1. The zero-order chi connectivity index (χ0) is 15.1. The van der Waals surface area contributed by atoms with Crippen molar-refractivity contribution in [2.45, 2.75) is 21.2 Å². The second kappa shape index (κ2) is 5.10. The summed E-state index contributed by atoms with van der Waals surface area (Å²) in [5, 5.41) is -0.423. The average Bonchev–Trinajstić information content (AvgIpc) is 2.72. The minimum atomic E-state index is -3.92. The lowest BCUT2D eigenvalue weighted by atomic mass is 10.2. The molecule has 0 aliphatic heterocycles. The first-order chi connectivity index (χ1) is 9.12. The molecule has 0 amide bonds. The maximum atomic E-state index is 12.4. The molecule has 20 heavy (non-hydrogen) atoms. The standard InChI is InChI=1S/C11H10ClNO4S3/c1-7-3-5-8(6-4-7)20(16,17)10-9(12)18-11(13-10)19(2,14)15/h3-6H,1-2H3. The van der Waals surface area contributed by atoms with Crippen molar-refractivity contribution in [3.63, 3.8) is 0 Å². The van der Waals surface area contributed by atoms with Crippen LogP contribution in [-0.4, -0.2) is 28.1 Å². The normalized spacial score (nSPS) is 12.6. The molecule has 2 aromatic rings. The van der Waals surface area contributed by atoms with Gasteiger partial charge in [0.15, 0.2) is 5.03 Å². The summed E-state index contributed by atoms with van der Waals surface area (Å²) < 4.78 is 47.1.